The third-order valence-electron chi connectivity index (χ3n) is 4.35. The molecule has 0 aromatic carbocycles. The molecule has 1 N–H and O–H groups in total. The molecular weight excluding hydrogens is 254 g/mol. The number of piperidine rings is 1. The van der Waals surface area contributed by atoms with Gasteiger partial charge in [-0.3, -0.25) is 9.69 Å². The highest BCUT2D eigenvalue weighted by Crippen LogP contribution is 2.35. The Balaban J connectivity index is 2.08. The predicted octanol–water partition coefficient (Wildman–Crippen LogP) is 2.37. The summed E-state index contributed by atoms with van der Waals surface area (Å²) < 4.78 is 2.12. The Kier molecular flexibility index (Phi) is 4.81. The van der Waals surface area contributed by atoms with Crippen LogP contribution in [0.4, 0.5) is 0 Å². The van der Waals surface area contributed by atoms with Crippen molar-refractivity contribution in [2.75, 3.05) is 13.1 Å². The number of carboxylic acids is 1. The van der Waals surface area contributed by atoms with Crippen LogP contribution in [0.3, 0.4) is 0 Å². The molecule has 0 spiro atoms. The number of imidazole rings is 1. The zero-order chi connectivity index (χ0) is 14.6. The minimum Gasteiger partial charge on any atom is -0.481 e. The Morgan fingerprint density at radius 3 is 2.95 bits per heavy atom. The maximum Gasteiger partial charge on any atom is 0.310 e. The molecule has 112 valence electrons. The van der Waals surface area contributed by atoms with Gasteiger partial charge in [0.15, 0.2) is 0 Å². The minimum atomic E-state index is -0.636. The first-order valence-electron chi connectivity index (χ1n) is 7.57. The number of aliphatic carboxylic acids is 1. The molecule has 0 aliphatic carbocycles. The zero-order valence-electron chi connectivity index (χ0n) is 12.5. The molecule has 20 heavy (non-hydrogen) atoms. The van der Waals surface area contributed by atoms with Crippen LogP contribution in [0.2, 0.25) is 0 Å². The molecule has 0 saturated carbocycles. The number of hydrogen-bond donors (Lipinski definition) is 1. The van der Waals surface area contributed by atoms with Crippen molar-refractivity contribution in [2.45, 2.75) is 52.6 Å². The second kappa shape index (κ2) is 6.39. The van der Waals surface area contributed by atoms with Crippen LogP contribution < -0.4 is 0 Å². The lowest BCUT2D eigenvalue weighted by Gasteiger charge is -2.39. The maximum atomic E-state index is 11.7. The van der Waals surface area contributed by atoms with Crippen LogP contribution in [0.25, 0.3) is 0 Å². The molecule has 5 heteroatoms. The Labute approximate surface area is 120 Å². The summed E-state index contributed by atoms with van der Waals surface area (Å²) in [6, 6.07) is 0. The van der Waals surface area contributed by atoms with E-state index in [1.807, 2.05) is 12.4 Å². The lowest BCUT2D eigenvalue weighted by molar-refractivity contribution is -0.153. The molecule has 1 saturated heterocycles. The van der Waals surface area contributed by atoms with E-state index in [9.17, 15) is 9.90 Å². The number of hydrogen-bond acceptors (Lipinski definition) is 3. The Morgan fingerprint density at radius 1 is 1.50 bits per heavy atom. The summed E-state index contributed by atoms with van der Waals surface area (Å²) in [6.45, 7) is 7.43. The van der Waals surface area contributed by atoms with Crippen LogP contribution in [-0.4, -0.2) is 38.6 Å². The minimum absolute atomic E-state index is 0.559. The normalized spacial score (nSPS) is 23.9. The molecule has 2 heterocycles. The smallest absolute Gasteiger partial charge is 0.310 e. The second-order valence-electron chi connectivity index (χ2n) is 5.78. The van der Waals surface area contributed by atoms with Gasteiger partial charge >= 0.3 is 5.97 Å². The molecule has 1 atom stereocenters. The largest absolute Gasteiger partial charge is 0.481 e. The van der Waals surface area contributed by atoms with E-state index in [-0.39, 0.29) is 0 Å². The summed E-state index contributed by atoms with van der Waals surface area (Å²) in [7, 11) is 0. The molecule has 2 rings (SSSR count). The van der Waals surface area contributed by atoms with Crippen molar-refractivity contribution in [2.24, 2.45) is 5.41 Å². The average Bonchev–Trinajstić information content (AvgIpc) is 2.86. The Bertz CT molecular complexity index is 454. The van der Waals surface area contributed by atoms with Crippen LogP contribution in [0.5, 0.6) is 0 Å². The number of rotatable bonds is 6. The van der Waals surface area contributed by atoms with E-state index in [2.05, 4.69) is 28.3 Å². The van der Waals surface area contributed by atoms with Gasteiger partial charge in [0.1, 0.15) is 5.82 Å². The molecule has 1 aliphatic heterocycles. The fourth-order valence-electron chi connectivity index (χ4n) is 3.31. The van der Waals surface area contributed by atoms with E-state index in [4.69, 9.17) is 0 Å². The third kappa shape index (κ3) is 3.03. The highest BCUT2D eigenvalue weighted by atomic mass is 16.4. The summed E-state index contributed by atoms with van der Waals surface area (Å²) in [5.41, 5.74) is -0.559. The van der Waals surface area contributed by atoms with Crippen LogP contribution in [0.15, 0.2) is 12.4 Å². The Hall–Kier alpha value is -1.36. The lowest BCUT2D eigenvalue weighted by atomic mass is 9.76. The molecule has 1 unspecified atom stereocenters. The lowest BCUT2D eigenvalue weighted by Crippen LogP contribution is -2.47. The standard InChI is InChI=1S/C15H25N3O2/c1-3-6-15(14(19)20)7-5-9-17(12-15)11-13-16-8-10-18(13)4-2/h8,10H,3-7,9,11-12H2,1-2H3,(H,19,20). The highest BCUT2D eigenvalue weighted by Gasteiger charge is 2.41. The summed E-state index contributed by atoms with van der Waals surface area (Å²) >= 11 is 0. The van der Waals surface area contributed by atoms with Gasteiger partial charge < -0.3 is 9.67 Å². The number of carboxylic acid groups (broad SMARTS) is 1. The molecule has 0 amide bonds. The van der Waals surface area contributed by atoms with E-state index >= 15 is 0 Å². The van der Waals surface area contributed by atoms with Gasteiger partial charge in [0.25, 0.3) is 0 Å². The molecule has 1 fully saturated rings. The fraction of sp³-hybridized carbons (Fsp3) is 0.733. The first-order valence-corrected chi connectivity index (χ1v) is 7.57. The number of nitrogens with zero attached hydrogens (tertiary/aromatic N) is 3. The van der Waals surface area contributed by atoms with Crippen molar-refractivity contribution in [1.29, 1.82) is 0 Å². The quantitative estimate of drug-likeness (QED) is 0.868. The van der Waals surface area contributed by atoms with Crippen LogP contribution in [0, 0.1) is 5.41 Å². The SMILES string of the molecule is CCCC1(C(=O)O)CCCN(Cc2nccn2CC)C1. The van der Waals surface area contributed by atoms with Gasteiger partial charge in [-0.1, -0.05) is 13.3 Å². The Morgan fingerprint density at radius 2 is 2.30 bits per heavy atom. The summed E-state index contributed by atoms with van der Waals surface area (Å²) in [5.74, 6) is 0.396. The first kappa shape index (κ1) is 15.0. The second-order valence-corrected chi connectivity index (χ2v) is 5.78. The molecule has 1 aromatic heterocycles. The summed E-state index contributed by atoms with van der Waals surface area (Å²) in [6.07, 6.45) is 7.24. The van der Waals surface area contributed by atoms with Crippen molar-refractivity contribution in [3.63, 3.8) is 0 Å². The van der Waals surface area contributed by atoms with E-state index in [1.54, 1.807) is 0 Å². The molecule has 0 bridgehead atoms. The van der Waals surface area contributed by atoms with Crippen molar-refractivity contribution in [3.05, 3.63) is 18.2 Å². The van der Waals surface area contributed by atoms with Crippen molar-refractivity contribution < 1.29 is 9.90 Å². The number of carbonyl (C=O) groups is 1. The van der Waals surface area contributed by atoms with Gasteiger partial charge in [-0.15, -0.1) is 0 Å². The molecule has 0 radical (unpaired) electrons. The summed E-state index contributed by atoms with van der Waals surface area (Å²) in [4.78, 5) is 18.3. The molecular formula is C15H25N3O2. The first-order chi connectivity index (χ1) is 9.61. The van der Waals surface area contributed by atoms with E-state index < -0.39 is 11.4 Å². The third-order valence-corrected chi connectivity index (χ3v) is 4.35. The average molecular weight is 279 g/mol. The molecule has 1 aliphatic rings. The fourth-order valence-corrected chi connectivity index (χ4v) is 3.31. The van der Waals surface area contributed by atoms with Crippen molar-refractivity contribution >= 4 is 5.97 Å². The number of likely N-dealkylation sites (tertiary alicyclic amines) is 1. The molecule has 1 aromatic rings. The predicted molar refractivity (Wildman–Crippen MR) is 77.4 cm³/mol. The van der Waals surface area contributed by atoms with Crippen LogP contribution >= 0.6 is 0 Å². The zero-order valence-corrected chi connectivity index (χ0v) is 12.5. The van der Waals surface area contributed by atoms with Crippen molar-refractivity contribution in [3.8, 4) is 0 Å². The maximum absolute atomic E-state index is 11.7. The van der Waals surface area contributed by atoms with E-state index in [1.165, 1.54) is 0 Å². The van der Waals surface area contributed by atoms with E-state index in [0.717, 1.165) is 51.1 Å². The monoisotopic (exact) mass is 279 g/mol. The van der Waals surface area contributed by atoms with Gasteiger partial charge in [0.2, 0.25) is 0 Å². The van der Waals surface area contributed by atoms with Crippen LogP contribution in [0.1, 0.15) is 45.4 Å². The van der Waals surface area contributed by atoms with Gasteiger partial charge in [0.05, 0.1) is 12.0 Å². The number of aryl methyl sites for hydroxylation is 1. The van der Waals surface area contributed by atoms with Gasteiger partial charge in [-0.25, -0.2) is 4.98 Å². The number of aromatic nitrogens is 2. The topological polar surface area (TPSA) is 58.4 Å². The van der Waals surface area contributed by atoms with Crippen LogP contribution in [-0.2, 0) is 17.9 Å². The highest BCUT2D eigenvalue weighted by molar-refractivity contribution is 5.75. The van der Waals surface area contributed by atoms with Gasteiger partial charge in [0, 0.05) is 25.5 Å². The molecule has 5 nitrogen and oxygen atoms in total. The van der Waals surface area contributed by atoms with Gasteiger partial charge in [-0.2, -0.15) is 0 Å². The van der Waals surface area contributed by atoms with Gasteiger partial charge in [-0.05, 0) is 32.7 Å². The van der Waals surface area contributed by atoms with E-state index in [0.29, 0.717) is 6.54 Å². The van der Waals surface area contributed by atoms with Crippen molar-refractivity contribution in [1.82, 2.24) is 14.5 Å². The summed E-state index contributed by atoms with van der Waals surface area (Å²) in [5, 5.41) is 9.62.